The number of carbonyl (C=O) groups is 2. The molecule has 0 fully saturated rings. The highest BCUT2D eigenvalue weighted by atomic mass is 35.5. The first-order valence-corrected chi connectivity index (χ1v) is 10.7. The first-order chi connectivity index (χ1) is 15.8. The molecule has 9 heteroatoms. The van der Waals surface area contributed by atoms with Crippen LogP contribution in [0.15, 0.2) is 78.9 Å². The molecular weight excluding hydrogens is 446 g/mol. The Kier molecular flexibility index (Phi) is 8.60. The lowest BCUT2D eigenvalue weighted by atomic mass is 9.75. The van der Waals surface area contributed by atoms with Crippen LogP contribution in [-0.4, -0.2) is 34.9 Å². The van der Waals surface area contributed by atoms with Gasteiger partial charge in [-0.15, -0.1) is 0 Å². The molecule has 33 heavy (non-hydrogen) atoms. The van der Waals surface area contributed by atoms with Crippen molar-refractivity contribution in [2.24, 2.45) is 0 Å². The summed E-state index contributed by atoms with van der Waals surface area (Å²) in [6, 6.07) is 20.5. The van der Waals surface area contributed by atoms with E-state index in [0.717, 1.165) is 0 Å². The quantitative estimate of drug-likeness (QED) is 0.363. The molecule has 0 aliphatic carbocycles. The van der Waals surface area contributed by atoms with Crippen molar-refractivity contribution in [2.75, 3.05) is 0 Å². The van der Waals surface area contributed by atoms with Crippen molar-refractivity contribution in [3.63, 3.8) is 0 Å². The van der Waals surface area contributed by atoms with Gasteiger partial charge >= 0.3 is 7.12 Å². The Bertz CT molecular complexity index is 1100. The van der Waals surface area contributed by atoms with Gasteiger partial charge in [0.1, 0.15) is 5.82 Å². The molecule has 2 amide bonds. The Morgan fingerprint density at radius 2 is 1.64 bits per heavy atom. The van der Waals surface area contributed by atoms with Crippen molar-refractivity contribution in [1.82, 2.24) is 10.6 Å². The predicted molar refractivity (Wildman–Crippen MR) is 125 cm³/mol. The second-order valence-electron chi connectivity index (χ2n) is 7.53. The molecule has 0 radical (unpaired) electrons. The normalized spacial score (nSPS) is 12.5. The predicted octanol–water partition coefficient (Wildman–Crippen LogP) is 3.08. The Hall–Kier alpha value is -3.20. The number of hydrogen-bond acceptors (Lipinski definition) is 4. The first kappa shape index (κ1) is 24.4. The minimum absolute atomic E-state index is 0.117. The van der Waals surface area contributed by atoms with Crippen LogP contribution in [-0.2, 0) is 11.2 Å². The number of rotatable bonds is 9. The topological polar surface area (TPSA) is 98.7 Å². The lowest BCUT2D eigenvalue weighted by Gasteiger charge is -2.22. The van der Waals surface area contributed by atoms with Gasteiger partial charge in [-0.25, -0.2) is 4.39 Å². The van der Waals surface area contributed by atoms with Gasteiger partial charge in [0.2, 0.25) is 5.91 Å². The van der Waals surface area contributed by atoms with E-state index in [9.17, 15) is 24.0 Å². The van der Waals surface area contributed by atoms with E-state index in [0.29, 0.717) is 16.1 Å². The van der Waals surface area contributed by atoms with Crippen LogP contribution >= 0.6 is 11.6 Å². The number of carbonyl (C=O) groups excluding carboxylic acids is 2. The summed E-state index contributed by atoms with van der Waals surface area (Å²) in [4.78, 5) is 25.5. The Labute approximate surface area is 196 Å². The van der Waals surface area contributed by atoms with Crippen LogP contribution in [0.3, 0.4) is 0 Å². The molecule has 3 aromatic carbocycles. The van der Waals surface area contributed by atoms with Gasteiger partial charge in [0.05, 0.1) is 18.4 Å². The van der Waals surface area contributed by atoms with Crippen LogP contribution in [0, 0.1) is 5.82 Å². The fraction of sp³-hybridized carbons (Fsp3) is 0.167. The monoisotopic (exact) mass is 468 g/mol. The summed E-state index contributed by atoms with van der Waals surface area (Å²) in [5.74, 6) is -2.58. The number of nitrogens with one attached hydrogen (secondary N) is 2. The van der Waals surface area contributed by atoms with Crippen LogP contribution < -0.4 is 10.6 Å². The smallest absolute Gasteiger partial charge is 0.426 e. The van der Waals surface area contributed by atoms with Crippen molar-refractivity contribution in [1.29, 1.82) is 0 Å². The molecule has 4 N–H and O–H groups in total. The molecule has 170 valence electrons. The van der Waals surface area contributed by atoms with Gasteiger partial charge in [-0.3, -0.25) is 9.59 Å². The number of benzene rings is 3. The van der Waals surface area contributed by atoms with Gasteiger partial charge in [0.25, 0.3) is 5.91 Å². The van der Waals surface area contributed by atoms with Gasteiger partial charge in [-0.2, -0.15) is 0 Å². The highest BCUT2D eigenvalue weighted by Gasteiger charge is 2.28. The van der Waals surface area contributed by atoms with Crippen molar-refractivity contribution < 1.29 is 24.0 Å². The minimum Gasteiger partial charge on any atom is -0.426 e. The fourth-order valence-electron chi connectivity index (χ4n) is 3.39. The molecule has 0 aliphatic heterocycles. The molecule has 3 rings (SSSR count). The number of halogens is 2. The van der Waals surface area contributed by atoms with Crippen LogP contribution in [0.25, 0.3) is 0 Å². The molecule has 0 spiro atoms. The highest BCUT2D eigenvalue weighted by molar-refractivity contribution is 6.43. The SMILES string of the molecule is O=C(CC(NC(=O)c1ccccc1)c1cccc(Cl)c1)NC(Cc1ccccc1F)B(O)O. The first-order valence-electron chi connectivity index (χ1n) is 10.3. The third-order valence-corrected chi connectivity index (χ3v) is 5.32. The van der Waals surface area contributed by atoms with Crippen LogP contribution in [0.5, 0.6) is 0 Å². The van der Waals surface area contributed by atoms with E-state index in [4.69, 9.17) is 11.6 Å². The van der Waals surface area contributed by atoms with E-state index in [1.165, 1.54) is 18.2 Å². The van der Waals surface area contributed by atoms with E-state index in [-0.39, 0.29) is 24.3 Å². The molecule has 0 heterocycles. The Balaban J connectivity index is 1.75. The lowest BCUT2D eigenvalue weighted by Crippen LogP contribution is -2.48. The van der Waals surface area contributed by atoms with Gasteiger partial charge in [0, 0.05) is 10.6 Å². The fourth-order valence-corrected chi connectivity index (χ4v) is 3.59. The average molecular weight is 469 g/mol. The third-order valence-electron chi connectivity index (χ3n) is 5.09. The van der Waals surface area contributed by atoms with Crippen LogP contribution in [0.2, 0.25) is 5.02 Å². The maximum atomic E-state index is 14.0. The Morgan fingerprint density at radius 3 is 2.30 bits per heavy atom. The molecule has 2 atom stereocenters. The standard InChI is InChI=1S/C24H23BClFN2O4/c26-19-11-6-10-18(13-19)21(28-24(31)16-7-2-1-3-8-16)15-23(30)29-22(25(32)33)14-17-9-4-5-12-20(17)27/h1-13,21-22,32-33H,14-15H2,(H,28,31)(H,29,30). The Morgan fingerprint density at radius 1 is 0.939 bits per heavy atom. The van der Waals surface area contributed by atoms with Crippen molar-refractivity contribution in [3.05, 3.63) is 106 Å². The van der Waals surface area contributed by atoms with Gasteiger partial charge < -0.3 is 20.7 Å². The molecule has 2 unspecified atom stereocenters. The second kappa shape index (κ2) is 11.6. The zero-order chi connectivity index (χ0) is 23.8. The number of amides is 2. The summed E-state index contributed by atoms with van der Waals surface area (Å²) in [6.07, 6.45) is -0.312. The molecular formula is C24H23BClFN2O4. The summed E-state index contributed by atoms with van der Waals surface area (Å²) in [7, 11) is -1.91. The summed E-state index contributed by atoms with van der Waals surface area (Å²) in [5.41, 5.74) is 1.27. The number of hydrogen-bond donors (Lipinski definition) is 4. The molecule has 0 bridgehead atoms. The lowest BCUT2D eigenvalue weighted by molar-refractivity contribution is -0.122. The largest absolute Gasteiger partial charge is 0.475 e. The van der Waals surface area contributed by atoms with Crippen LogP contribution in [0.1, 0.15) is 33.9 Å². The summed E-state index contributed by atoms with van der Waals surface area (Å²) < 4.78 is 14.0. The molecule has 0 aromatic heterocycles. The molecule has 0 saturated carbocycles. The zero-order valence-electron chi connectivity index (χ0n) is 17.6. The van der Waals surface area contributed by atoms with E-state index in [1.807, 2.05) is 0 Å². The summed E-state index contributed by atoms with van der Waals surface area (Å²) in [6.45, 7) is 0. The summed E-state index contributed by atoms with van der Waals surface area (Å²) in [5, 5.41) is 25.2. The maximum absolute atomic E-state index is 14.0. The molecule has 3 aromatic rings. The summed E-state index contributed by atoms with van der Waals surface area (Å²) >= 11 is 6.10. The zero-order valence-corrected chi connectivity index (χ0v) is 18.4. The van der Waals surface area contributed by atoms with Crippen molar-refractivity contribution >= 4 is 30.5 Å². The van der Waals surface area contributed by atoms with E-state index < -0.39 is 30.8 Å². The van der Waals surface area contributed by atoms with Crippen molar-refractivity contribution in [2.45, 2.75) is 24.8 Å². The van der Waals surface area contributed by atoms with Gasteiger partial charge in [0.15, 0.2) is 0 Å². The minimum atomic E-state index is -1.91. The van der Waals surface area contributed by atoms with Crippen molar-refractivity contribution in [3.8, 4) is 0 Å². The average Bonchev–Trinajstić information content (AvgIpc) is 2.80. The molecule has 0 aliphatic rings. The molecule has 6 nitrogen and oxygen atoms in total. The second-order valence-corrected chi connectivity index (χ2v) is 7.97. The molecule has 0 saturated heterocycles. The maximum Gasteiger partial charge on any atom is 0.475 e. The van der Waals surface area contributed by atoms with E-state index in [2.05, 4.69) is 10.6 Å². The highest BCUT2D eigenvalue weighted by Crippen LogP contribution is 2.22. The third kappa shape index (κ3) is 7.15. The van der Waals surface area contributed by atoms with E-state index in [1.54, 1.807) is 60.7 Å². The van der Waals surface area contributed by atoms with E-state index >= 15 is 0 Å². The van der Waals surface area contributed by atoms with Gasteiger partial charge in [-0.1, -0.05) is 60.1 Å². The van der Waals surface area contributed by atoms with Crippen LogP contribution in [0.4, 0.5) is 4.39 Å². The van der Waals surface area contributed by atoms with Gasteiger partial charge in [-0.05, 0) is 47.9 Å².